The predicted molar refractivity (Wildman–Crippen MR) is 68.6 cm³/mol. The minimum absolute atomic E-state index is 0.297. The minimum Gasteiger partial charge on any atom is -0.336 e. The average molecular weight is 294 g/mol. The lowest BCUT2D eigenvalue weighted by atomic mass is 10.5. The number of nitrogens with one attached hydrogen (secondary N) is 1. The van der Waals surface area contributed by atoms with Crippen LogP contribution in [-0.4, -0.2) is 49.7 Å². The van der Waals surface area contributed by atoms with Gasteiger partial charge >= 0.3 is 11.7 Å². The van der Waals surface area contributed by atoms with Crippen LogP contribution in [0.3, 0.4) is 0 Å². The van der Waals surface area contributed by atoms with Crippen LogP contribution in [0.4, 0.5) is 4.79 Å². The third-order valence-corrected chi connectivity index (χ3v) is 3.64. The van der Waals surface area contributed by atoms with Crippen molar-refractivity contribution in [3.8, 4) is 5.00 Å². The van der Waals surface area contributed by atoms with Gasteiger partial charge in [0.05, 0.1) is 0 Å². The molecule has 9 nitrogen and oxygen atoms in total. The second-order valence-electron chi connectivity index (χ2n) is 4.06. The summed E-state index contributed by atoms with van der Waals surface area (Å²) in [6, 6.07) is 3.06. The SMILES string of the molecule is O=C(Cn1nnn(-c2cccs2)c1=O)N1CCNC1=O. The Morgan fingerprint density at radius 2 is 2.25 bits per heavy atom. The van der Waals surface area contributed by atoms with Gasteiger partial charge in [0.2, 0.25) is 0 Å². The van der Waals surface area contributed by atoms with E-state index in [1.165, 1.54) is 11.3 Å². The second kappa shape index (κ2) is 4.89. The molecule has 0 bridgehead atoms. The number of hydrogen-bond donors (Lipinski definition) is 1. The van der Waals surface area contributed by atoms with E-state index in [0.29, 0.717) is 18.1 Å². The van der Waals surface area contributed by atoms with Gasteiger partial charge in [0.1, 0.15) is 11.5 Å². The Labute approximate surface area is 116 Å². The number of tetrazole rings is 1. The number of carbonyl (C=O) groups is 2. The number of amides is 3. The number of rotatable bonds is 3. The molecule has 1 N–H and O–H groups in total. The smallest absolute Gasteiger partial charge is 0.336 e. The Bertz CT molecular complexity index is 703. The lowest BCUT2D eigenvalue weighted by Crippen LogP contribution is -2.39. The van der Waals surface area contributed by atoms with Gasteiger partial charge in [-0.05, 0) is 27.9 Å². The van der Waals surface area contributed by atoms with Crippen molar-refractivity contribution in [3.63, 3.8) is 0 Å². The summed E-state index contributed by atoms with van der Waals surface area (Å²) in [5.74, 6) is -0.486. The Morgan fingerprint density at radius 3 is 2.90 bits per heavy atom. The highest BCUT2D eigenvalue weighted by Gasteiger charge is 2.27. The fourth-order valence-corrected chi connectivity index (χ4v) is 2.49. The van der Waals surface area contributed by atoms with Crippen molar-refractivity contribution in [2.75, 3.05) is 13.1 Å². The lowest BCUT2D eigenvalue weighted by Gasteiger charge is -2.10. The molecule has 1 aliphatic rings. The van der Waals surface area contributed by atoms with Gasteiger partial charge < -0.3 is 5.32 Å². The number of nitrogens with zero attached hydrogens (tertiary/aromatic N) is 5. The first-order valence-corrected chi connectivity index (χ1v) is 6.69. The van der Waals surface area contributed by atoms with E-state index in [0.717, 1.165) is 14.3 Å². The quantitative estimate of drug-likeness (QED) is 0.785. The van der Waals surface area contributed by atoms with Crippen LogP contribution in [0.2, 0.25) is 0 Å². The fraction of sp³-hybridized carbons (Fsp3) is 0.300. The highest BCUT2D eigenvalue weighted by Crippen LogP contribution is 2.10. The van der Waals surface area contributed by atoms with Crippen LogP contribution in [0, 0.1) is 0 Å². The molecule has 1 saturated heterocycles. The molecule has 3 rings (SSSR count). The molecule has 104 valence electrons. The summed E-state index contributed by atoms with van der Waals surface area (Å²) >= 11 is 1.34. The van der Waals surface area contributed by atoms with E-state index in [-0.39, 0.29) is 6.54 Å². The average Bonchev–Trinajstić information content (AvgIpc) is 3.12. The van der Waals surface area contributed by atoms with E-state index in [1.807, 2.05) is 0 Å². The van der Waals surface area contributed by atoms with Gasteiger partial charge in [0, 0.05) is 13.1 Å². The van der Waals surface area contributed by atoms with Crippen LogP contribution in [0.25, 0.3) is 5.00 Å². The summed E-state index contributed by atoms with van der Waals surface area (Å²) in [4.78, 5) is 36.3. The van der Waals surface area contributed by atoms with Crippen LogP contribution >= 0.6 is 11.3 Å². The standard InChI is InChI=1S/C10H10N6O3S/c17-7(14-4-3-11-9(14)18)6-15-10(19)16(13-12-15)8-2-1-5-20-8/h1-2,5H,3-4,6H2,(H,11,18). The Hall–Kier alpha value is -2.49. The van der Waals surface area contributed by atoms with Crippen LogP contribution in [0.5, 0.6) is 0 Å². The van der Waals surface area contributed by atoms with Gasteiger partial charge in [-0.3, -0.25) is 9.69 Å². The molecule has 1 fully saturated rings. The largest absolute Gasteiger partial charge is 0.369 e. The molecule has 0 saturated carbocycles. The van der Waals surface area contributed by atoms with E-state index in [1.54, 1.807) is 17.5 Å². The van der Waals surface area contributed by atoms with Crippen molar-refractivity contribution in [2.45, 2.75) is 6.54 Å². The molecule has 2 aromatic rings. The zero-order valence-electron chi connectivity index (χ0n) is 10.2. The molecule has 10 heteroatoms. The summed E-state index contributed by atoms with van der Waals surface area (Å²) in [5, 5.41) is 12.3. The minimum atomic E-state index is -0.514. The fourth-order valence-electron chi connectivity index (χ4n) is 1.83. The van der Waals surface area contributed by atoms with E-state index < -0.39 is 17.6 Å². The number of thiophene rings is 1. The highest BCUT2D eigenvalue weighted by atomic mass is 32.1. The molecular formula is C10H10N6O3S. The summed E-state index contributed by atoms with van der Waals surface area (Å²) in [7, 11) is 0. The first-order valence-electron chi connectivity index (χ1n) is 5.82. The molecule has 2 aromatic heterocycles. The topological polar surface area (TPSA) is 102 Å². The molecule has 3 amide bonds. The zero-order chi connectivity index (χ0) is 14.1. The van der Waals surface area contributed by atoms with Gasteiger partial charge in [-0.25, -0.2) is 9.59 Å². The summed E-state index contributed by atoms with van der Waals surface area (Å²) < 4.78 is 2.05. The molecule has 0 unspecified atom stereocenters. The monoisotopic (exact) mass is 294 g/mol. The van der Waals surface area contributed by atoms with Crippen LogP contribution in [0.15, 0.2) is 22.3 Å². The maximum atomic E-state index is 12.0. The number of urea groups is 1. The number of carbonyl (C=O) groups excluding carboxylic acids is 2. The van der Waals surface area contributed by atoms with E-state index >= 15 is 0 Å². The number of aromatic nitrogens is 4. The highest BCUT2D eigenvalue weighted by molar-refractivity contribution is 7.12. The van der Waals surface area contributed by atoms with Crippen LogP contribution < -0.4 is 11.0 Å². The first-order chi connectivity index (χ1) is 9.66. The van der Waals surface area contributed by atoms with Gasteiger partial charge in [-0.15, -0.1) is 11.3 Å². The lowest BCUT2D eigenvalue weighted by molar-refractivity contribution is -0.128. The van der Waals surface area contributed by atoms with Gasteiger partial charge in [0.25, 0.3) is 5.91 Å². The van der Waals surface area contributed by atoms with Gasteiger partial charge in [-0.1, -0.05) is 0 Å². The molecule has 0 atom stereocenters. The van der Waals surface area contributed by atoms with Crippen molar-refractivity contribution in [1.29, 1.82) is 0 Å². The third-order valence-electron chi connectivity index (χ3n) is 2.80. The van der Waals surface area contributed by atoms with Gasteiger partial charge in [0.15, 0.2) is 0 Å². The van der Waals surface area contributed by atoms with Crippen molar-refractivity contribution in [1.82, 2.24) is 30.0 Å². The first kappa shape index (κ1) is 12.5. The van der Waals surface area contributed by atoms with Crippen LogP contribution in [0.1, 0.15) is 0 Å². The molecule has 3 heterocycles. The molecular weight excluding hydrogens is 284 g/mol. The predicted octanol–water partition coefficient (Wildman–Crippen LogP) is -0.958. The second-order valence-corrected chi connectivity index (χ2v) is 4.99. The number of hydrogen-bond acceptors (Lipinski definition) is 6. The Morgan fingerprint density at radius 1 is 1.40 bits per heavy atom. The number of imide groups is 1. The molecule has 0 radical (unpaired) electrons. The molecule has 0 aliphatic carbocycles. The van der Waals surface area contributed by atoms with Crippen LogP contribution in [-0.2, 0) is 11.3 Å². The molecule has 0 aromatic carbocycles. The van der Waals surface area contributed by atoms with Gasteiger partial charge in [-0.2, -0.15) is 9.36 Å². The zero-order valence-corrected chi connectivity index (χ0v) is 11.0. The maximum absolute atomic E-state index is 12.0. The Balaban J connectivity index is 1.80. The van der Waals surface area contributed by atoms with Crippen molar-refractivity contribution in [2.24, 2.45) is 0 Å². The normalized spacial score (nSPS) is 14.6. The van der Waals surface area contributed by atoms with Crippen molar-refractivity contribution in [3.05, 3.63) is 28.0 Å². The molecule has 1 aliphatic heterocycles. The maximum Gasteiger partial charge on any atom is 0.369 e. The molecule has 0 spiro atoms. The summed E-state index contributed by atoms with van der Waals surface area (Å²) in [5.41, 5.74) is -0.514. The summed E-state index contributed by atoms with van der Waals surface area (Å²) in [6.07, 6.45) is 0. The van der Waals surface area contributed by atoms with Crippen molar-refractivity contribution < 1.29 is 9.59 Å². The van der Waals surface area contributed by atoms with E-state index in [2.05, 4.69) is 15.7 Å². The van der Waals surface area contributed by atoms with E-state index in [9.17, 15) is 14.4 Å². The Kier molecular flexibility index (Phi) is 3.06. The third kappa shape index (κ3) is 2.09. The molecule has 20 heavy (non-hydrogen) atoms. The van der Waals surface area contributed by atoms with Crippen molar-refractivity contribution >= 4 is 23.3 Å². The van der Waals surface area contributed by atoms with E-state index in [4.69, 9.17) is 0 Å². The summed E-state index contributed by atoms with van der Waals surface area (Å²) in [6.45, 7) is 0.407.